The van der Waals surface area contributed by atoms with E-state index >= 15 is 0 Å². The maximum Gasteiger partial charge on any atom is 0.318 e. The number of hydrogen-bond acceptors (Lipinski definition) is 5. The molecule has 140 valence electrons. The molecule has 27 heavy (non-hydrogen) atoms. The lowest BCUT2D eigenvalue weighted by atomic mass is 9.93. The van der Waals surface area contributed by atoms with Gasteiger partial charge in [0.05, 0.1) is 5.69 Å². The molecular weight excluding hydrogens is 366 g/mol. The van der Waals surface area contributed by atoms with Crippen molar-refractivity contribution in [2.75, 3.05) is 0 Å². The summed E-state index contributed by atoms with van der Waals surface area (Å²) in [5.74, 6) is 0.00963. The highest BCUT2D eigenvalue weighted by Gasteiger charge is 2.24. The number of carbonyl (C=O) groups excluding carboxylic acids is 1. The quantitative estimate of drug-likeness (QED) is 0.670. The monoisotopic (exact) mass is 385 g/mol. The lowest BCUT2D eigenvalue weighted by Gasteiger charge is -2.28. The molecule has 0 aromatic carbocycles. The Bertz CT molecular complexity index is 966. The van der Waals surface area contributed by atoms with Gasteiger partial charge in [-0.05, 0) is 37.8 Å². The van der Waals surface area contributed by atoms with Crippen molar-refractivity contribution < 1.29 is 9.53 Å². The smallest absolute Gasteiger partial charge is 0.318 e. The maximum atomic E-state index is 11.2. The van der Waals surface area contributed by atoms with Crippen LogP contribution >= 0.6 is 11.6 Å². The van der Waals surface area contributed by atoms with Crippen LogP contribution in [0.15, 0.2) is 30.6 Å². The van der Waals surface area contributed by atoms with Gasteiger partial charge in [0.15, 0.2) is 0 Å². The molecule has 0 saturated heterocycles. The number of ether oxygens (including phenoxy) is 1. The minimum Gasteiger partial charge on any atom is -0.460 e. The van der Waals surface area contributed by atoms with Gasteiger partial charge >= 0.3 is 6.01 Å². The van der Waals surface area contributed by atoms with E-state index in [9.17, 15) is 4.79 Å². The van der Waals surface area contributed by atoms with Crippen LogP contribution in [0.2, 0.25) is 5.15 Å². The molecular formula is C19H20ClN5O2. The molecule has 3 aromatic heterocycles. The first-order valence-corrected chi connectivity index (χ1v) is 9.37. The molecule has 1 fully saturated rings. The van der Waals surface area contributed by atoms with Gasteiger partial charge < -0.3 is 15.0 Å². The number of aromatic amines is 1. The fraction of sp³-hybridized carbons (Fsp3) is 0.368. The molecule has 1 amide bonds. The lowest BCUT2D eigenvalue weighted by molar-refractivity contribution is -0.120. The molecule has 1 saturated carbocycles. The third-order valence-electron chi connectivity index (χ3n) is 4.76. The number of aromatic nitrogens is 4. The number of rotatable bonds is 4. The molecule has 3 heterocycles. The highest BCUT2D eigenvalue weighted by Crippen LogP contribution is 2.30. The second-order valence-electron chi connectivity index (χ2n) is 6.75. The number of halogens is 1. The van der Waals surface area contributed by atoms with Crippen LogP contribution in [0.1, 0.15) is 32.6 Å². The van der Waals surface area contributed by atoms with Gasteiger partial charge in [0.25, 0.3) is 0 Å². The average molecular weight is 386 g/mol. The van der Waals surface area contributed by atoms with Crippen molar-refractivity contribution in [3.05, 3.63) is 35.7 Å². The van der Waals surface area contributed by atoms with Gasteiger partial charge in [0, 0.05) is 42.4 Å². The molecule has 0 aliphatic heterocycles. The van der Waals surface area contributed by atoms with Crippen molar-refractivity contribution in [1.82, 2.24) is 25.3 Å². The van der Waals surface area contributed by atoms with Crippen LogP contribution in [0.4, 0.5) is 0 Å². The molecule has 1 aliphatic carbocycles. The number of amides is 1. The molecule has 0 atom stereocenters. The van der Waals surface area contributed by atoms with E-state index in [1.54, 1.807) is 19.2 Å². The molecule has 0 radical (unpaired) electrons. The SMILES string of the molecule is CC(=O)N[C@H]1CC[C@H](Oc2nc(Cl)cc(-c3c[nH]c4ncccc34)n2)CC1. The third-order valence-corrected chi connectivity index (χ3v) is 4.95. The van der Waals surface area contributed by atoms with Crippen molar-refractivity contribution >= 4 is 28.5 Å². The van der Waals surface area contributed by atoms with Gasteiger partial charge in [-0.15, -0.1) is 0 Å². The fourth-order valence-electron chi connectivity index (χ4n) is 3.52. The predicted molar refractivity (Wildman–Crippen MR) is 103 cm³/mol. The zero-order valence-electron chi connectivity index (χ0n) is 14.9. The number of pyridine rings is 1. The minimum absolute atomic E-state index is 0.00963. The van der Waals surface area contributed by atoms with Crippen LogP contribution in [-0.2, 0) is 4.79 Å². The summed E-state index contributed by atoms with van der Waals surface area (Å²) in [6, 6.07) is 6.08. The standard InChI is InChI=1S/C19H20ClN5O2/c1-11(26)23-12-4-6-13(7-5-12)27-19-24-16(9-17(20)25-19)15-10-22-18-14(15)3-2-8-21-18/h2-3,8-10,12-13H,4-7H2,1H3,(H,21,22)(H,23,26)/t12-,13-. The Balaban J connectivity index is 1.51. The van der Waals surface area contributed by atoms with Crippen LogP contribution < -0.4 is 10.1 Å². The molecule has 8 heteroatoms. The van der Waals surface area contributed by atoms with Crippen molar-refractivity contribution in [2.24, 2.45) is 0 Å². The normalized spacial score (nSPS) is 19.8. The first kappa shape index (κ1) is 17.7. The summed E-state index contributed by atoms with van der Waals surface area (Å²) in [6.07, 6.45) is 7.06. The summed E-state index contributed by atoms with van der Waals surface area (Å²) in [5.41, 5.74) is 2.39. The van der Waals surface area contributed by atoms with E-state index in [4.69, 9.17) is 16.3 Å². The van der Waals surface area contributed by atoms with Crippen LogP contribution in [0.25, 0.3) is 22.3 Å². The Kier molecular flexibility index (Phi) is 4.94. The maximum absolute atomic E-state index is 11.2. The molecule has 0 spiro atoms. The first-order valence-electron chi connectivity index (χ1n) is 8.99. The average Bonchev–Trinajstić information content (AvgIpc) is 3.07. The molecule has 0 bridgehead atoms. The Morgan fingerprint density at radius 2 is 2.11 bits per heavy atom. The Morgan fingerprint density at radius 3 is 2.89 bits per heavy atom. The number of fused-ring (bicyclic) bond motifs is 1. The molecule has 1 aliphatic rings. The second-order valence-corrected chi connectivity index (χ2v) is 7.14. The van der Waals surface area contributed by atoms with Crippen LogP contribution in [0, 0.1) is 0 Å². The molecule has 0 unspecified atom stereocenters. The summed E-state index contributed by atoms with van der Waals surface area (Å²) in [5, 5.41) is 4.26. The van der Waals surface area contributed by atoms with Gasteiger partial charge in [0.2, 0.25) is 5.91 Å². The number of nitrogens with one attached hydrogen (secondary N) is 2. The van der Waals surface area contributed by atoms with Gasteiger partial charge in [-0.2, -0.15) is 9.97 Å². The van der Waals surface area contributed by atoms with E-state index in [1.807, 2.05) is 18.3 Å². The Hall–Kier alpha value is -2.67. The summed E-state index contributed by atoms with van der Waals surface area (Å²) in [6.45, 7) is 1.55. The van der Waals surface area contributed by atoms with E-state index in [0.717, 1.165) is 42.3 Å². The Labute approximate surface area is 161 Å². The molecule has 7 nitrogen and oxygen atoms in total. The van der Waals surface area contributed by atoms with Crippen LogP contribution in [0.5, 0.6) is 6.01 Å². The number of nitrogens with zero attached hydrogens (tertiary/aromatic N) is 3. The van der Waals surface area contributed by atoms with Crippen molar-refractivity contribution in [2.45, 2.75) is 44.8 Å². The van der Waals surface area contributed by atoms with E-state index in [2.05, 4.69) is 25.3 Å². The van der Waals surface area contributed by atoms with E-state index in [-0.39, 0.29) is 24.1 Å². The predicted octanol–water partition coefficient (Wildman–Crippen LogP) is 3.50. The van der Waals surface area contributed by atoms with E-state index in [1.165, 1.54) is 0 Å². The highest BCUT2D eigenvalue weighted by atomic mass is 35.5. The van der Waals surface area contributed by atoms with E-state index in [0.29, 0.717) is 10.8 Å². The molecule has 2 N–H and O–H groups in total. The number of carbonyl (C=O) groups is 1. The van der Waals surface area contributed by atoms with Gasteiger partial charge in [-0.1, -0.05) is 11.6 Å². The van der Waals surface area contributed by atoms with Crippen LogP contribution in [-0.4, -0.2) is 38.0 Å². The molecule has 3 aromatic rings. The van der Waals surface area contributed by atoms with Gasteiger partial charge in [-0.25, -0.2) is 4.98 Å². The van der Waals surface area contributed by atoms with Gasteiger partial charge in [0.1, 0.15) is 16.9 Å². The van der Waals surface area contributed by atoms with E-state index < -0.39 is 0 Å². The minimum atomic E-state index is 0.00963. The first-order chi connectivity index (χ1) is 13.1. The largest absolute Gasteiger partial charge is 0.460 e. The van der Waals surface area contributed by atoms with Crippen molar-refractivity contribution in [1.29, 1.82) is 0 Å². The topological polar surface area (TPSA) is 92.8 Å². The zero-order chi connectivity index (χ0) is 18.8. The summed E-state index contributed by atoms with van der Waals surface area (Å²) in [7, 11) is 0. The van der Waals surface area contributed by atoms with Crippen molar-refractivity contribution in [3.8, 4) is 17.3 Å². The summed E-state index contributed by atoms with van der Waals surface area (Å²) < 4.78 is 6.00. The lowest BCUT2D eigenvalue weighted by Crippen LogP contribution is -2.38. The zero-order valence-corrected chi connectivity index (χ0v) is 15.7. The summed E-state index contributed by atoms with van der Waals surface area (Å²) in [4.78, 5) is 27.4. The highest BCUT2D eigenvalue weighted by molar-refractivity contribution is 6.29. The third kappa shape index (κ3) is 4.03. The van der Waals surface area contributed by atoms with Crippen LogP contribution in [0.3, 0.4) is 0 Å². The molecule has 4 rings (SSSR count). The van der Waals surface area contributed by atoms with Gasteiger partial charge in [-0.3, -0.25) is 4.79 Å². The summed E-state index contributed by atoms with van der Waals surface area (Å²) >= 11 is 6.21. The number of H-pyrrole nitrogens is 1. The van der Waals surface area contributed by atoms with Crippen molar-refractivity contribution in [3.63, 3.8) is 0 Å². The number of hydrogen-bond donors (Lipinski definition) is 2. The second kappa shape index (κ2) is 7.52. The fourth-order valence-corrected chi connectivity index (χ4v) is 3.69. The Morgan fingerprint density at radius 1 is 1.30 bits per heavy atom.